The van der Waals surface area contributed by atoms with Gasteiger partial charge in [0.1, 0.15) is 24.2 Å². The lowest BCUT2D eigenvalue weighted by Gasteiger charge is -2.27. The highest BCUT2D eigenvalue weighted by molar-refractivity contribution is 5.96. The van der Waals surface area contributed by atoms with Gasteiger partial charge in [0, 0.05) is 6.42 Å². The van der Waals surface area contributed by atoms with E-state index >= 15 is 0 Å². The molecule has 1 saturated heterocycles. The molecule has 0 saturated carbocycles. The topological polar surface area (TPSA) is 143 Å². The van der Waals surface area contributed by atoms with Crippen LogP contribution in [0.5, 0.6) is 0 Å². The first-order chi connectivity index (χ1) is 18.8. The van der Waals surface area contributed by atoms with E-state index in [1.165, 1.54) is 6.92 Å². The van der Waals surface area contributed by atoms with Crippen LogP contribution >= 0.6 is 0 Å². The number of esters is 1. The molecule has 10 heteroatoms. The molecule has 0 spiro atoms. The minimum Gasteiger partial charge on any atom is -0.451 e. The molecule has 0 radical (unpaired) electrons. The van der Waals surface area contributed by atoms with Crippen molar-refractivity contribution in [1.82, 2.24) is 21.3 Å². The summed E-state index contributed by atoms with van der Waals surface area (Å²) in [5.74, 6) is -2.86. The molecular weight excluding hydrogens is 512 g/mol. The Labute approximate surface area is 237 Å². The summed E-state index contributed by atoms with van der Waals surface area (Å²) in [4.78, 5) is 66.6. The van der Waals surface area contributed by atoms with Crippen LogP contribution in [-0.2, 0) is 35.1 Å². The smallest absolute Gasteiger partial charge is 0.329 e. The van der Waals surface area contributed by atoms with Gasteiger partial charge in [0.05, 0.1) is 0 Å². The molecule has 10 nitrogen and oxygen atoms in total. The fraction of sp³-hybridized carbons (Fsp3) is 0.633. The van der Waals surface area contributed by atoms with Gasteiger partial charge >= 0.3 is 5.97 Å². The molecule has 4 N–H and O–H groups in total. The van der Waals surface area contributed by atoms with Crippen LogP contribution in [0.2, 0.25) is 0 Å². The van der Waals surface area contributed by atoms with E-state index in [2.05, 4.69) is 21.3 Å². The monoisotopic (exact) mass is 558 g/mol. The van der Waals surface area contributed by atoms with Crippen LogP contribution < -0.4 is 21.3 Å². The molecule has 0 unspecified atom stereocenters. The number of rotatable bonds is 8. The lowest BCUT2D eigenvalue weighted by atomic mass is 9.99. The van der Waals surface area contributed by atoms with Crippen LogP contribution in [0.1, 0.15) is 73.3 Å². The Bertz CT molecular complexity index is 1030. The highest BCUT2D eigenvalue weighted by Gasteiger charge is 2.35. The van der Waals surface area contributed by atoms with E-state index < -0.39 is 59.9 Å². The number of hydrogen-bond acceptors (Lipinski definition) is 6. The van der Waals surface area contributed by atoms with Crippen molar-refractivity contribution < 1.29 is 28.7 Å². The van der Waals surface area contributed by atoms with Crippen molar-refractivity contribution in [3.05, 3.63) is 35.9 Å². The Balaban J connectivity index is 2.52. The average molecular weight is 559 g/mol. The maximum atomic E-state index is 13.5. The fourth-order valence-electron chi connectivity index (χ4n) is 4.52. The van der Waals surface area contributed by atoms with Crippen molar-refractivity contribution in [2.24, 2.45) is 17.8 Å². The summed E-state index contributed by atoms with van der Waals surface area (Å²) in [6.45, 7) is 13.0. The zero-order valence-corrected chi connectivity index (χ0v) is 24.8. The third-order valence-corrected chi connectivity index (χ3v) is 6.55. The molecule has 0 bridgehead atoms. The maximum absolute atomic E-state index is 13.5. The van der Waals surface area contributed by atoms with Gasteiger partial charge in [0.15, 0.2) is 6.10 Å². The molecule has 1 heterocycles. The van der Waals surface area contributed by atoms with Crippen LogP contribution in [0.15, 0.2) is 30.3 Å². The van der Waals surface area contributed by atoms with Crippen LogP contribution in [0, 0.1) is 17.8 Å². The van der Waals surface area contributed by atoms with Crippen molar-refractivity contribution in [2.75, 3.05) is 0 Å². The molecule has 2 rings (SSSR count). The SMILES string of the molecule is CC(C)C[C@@H]1NC(=O)[C@@H](CC(C)C)NC(=O)[C@H](C)NC(=O)[C@H](CC(C)C)OC(=O)[C@H](Cc2ccccc2)NC1=O. The van der Waals surface area contributed by atoms with Crippen molar-refractivity contribution in [3.63, 3.8) is 0 Å². The van der Waals surface area contributed by atoms with E-state index in [0.717, 1.165) is 5.56 Å². The van der Waals surface area contributed by atoms with Gasteiger partial charge in [-0.05, 0) is 49.5 Å². The zero-order chi connectivity index (χ0) is 30.0. The summed E-state index contributed by atoms with van der Waals surface area (Å²) < 4.78 is 5.69. The Morgan fingerprint density at radius 1 is 0.625 bits per heavy atom. The number of carbonyl (C=O) groups is 5. The summed E-state index contributed by atoms with van der Waals surface area (Å²) in [6.07, 6.45) is -0.150. The first kappa shape index (κ1) is 32.8. The second kappa shape index (κ2) is 15.4. The van der Waals surface area contributed by atoms with Gasteiger partial charge in [-0.25, -0.2) is 4.79 Å². The maximum Gasteiger partial charge on any atom is 0.329 e. The number of nitrogens with one attached hydrogen (secondary N) is 4. The number of benzene rings is 1. The minimum absolute atomic E-state index is 0.00426. The number of amides is 4. The van der Waals surface area contributed by atoms with Crippen LogP contribution in [0.4, 0.5) is 0 Å². The summed E-state index contributed by atoms with van der Waals surface area (Å²) >= 11 is 0. The quantitative estimate of drug-likeness (QED) is 0.361. The zero-order valence-electron chi connectivity index (χ0n) is 24.8. The molecular formula is C30H46N4O6. The molecule has 0 aliphatic carbocycles. The van der Waals surface area contributed by atoms with Gasteiger partial charge in [-0.15, -0.1) is 0 Å². The summed E-state index contributed by atoms with van der Waals surface area (Å²) in [5.41, 5.74) is 0.789. The molecule has 1 aromatic rings. The molecule has 5 atom stereocenters. The summed E-state index contributed by atoms with van der Waals surface area (Å²) in [6, 6.07) is 5.21. The van der Waals surface area contributed by atoms with Crippen LogP contribution in [0.3, 0.4) is 0 Å². The molecule has 40 heavy (non-hydrogen) atoms. The Morgan fingerprint density at radius 2 is 1.10 bits per heavy atom. The molecule has 222 valence electrons. The first-order valence-corrected chi connectivity index (χ1v) is 14.2. The highest BCUT2D eigenvalue weighted by Crippen LogP contribution is 2.15. The average Bonchev–Trinajstić information content (AvgIpc) is 2.86. The molecule has 1 fully saturated rings. The van der Waals surface area contributed by atoms with E-state index in [9.17, 15) is 24.0 Å². The third-order valence-electron chi connectivity index (χ3n) is 6.55. The second-order valence-electron chi connectivity index (χ2n) is 11.9. The van der Waals surface area contributed by atoms with Crippen LogP contribution in [0.25, 0.3) is 0 Å². The number of hydrogen-bond donors (Lipinski definition) is 4. The van der Waals surface area contributed by atoms with E-state index in [1.807, 2.05) is 71.9 Å². The lowest BCUT2D eigenvalue weighted by molar-refractivity contribution is -0.160. The molecule has 4 amide bonds. The lowest BCUT2D eigenvalue weighted by Crippen LogP contribution is -2.57. The van der Waals surface area contributed by atoms with Gasteiger partial charge in [-0.2, -0.15) is 0 Å². The van der Waals surface area contributed by atoms with E-state index in [0.29, 0.717) is 12.8 Å². The van der Waals surface area contributed by atoms with Crippen molar-refractivity contribution >= 4 is 29.6 Å². The van der Waals surface area contributed by atoms with Crippen molar-refractivity contribution in [3.8, 4) is 0 Å². The van der Waals surface area contributed by atoms with Gasteiger partial charge < -0.3 is 26.0 Å². The number of ether oxygens (including phenoxy) is 1. The Kier molecular flexibility index (Phi) is 12.6. The van der Waals surface area contributed by atoms with Crippen LogP contribution in [-0.4, -0.2) is 59.9 Å². The second-order valence-corrected chi connectivity index (χ2v) is 11.9. The molecule has 1 aliphatic heterocycles. The molecule has 1 aliphatic rings. The molecule has 0 aromatic heterocycles. The first-order valence-electron chi connectivity index (χ1n) is 14.2. The van der Waals surface area contributed by atoms with Crippen molar-refractivity contribution in [1.29, 1.82) is 0 Å². The molecule has 1 aromatic carbocycles. The van der Waals surface area contributed by atoms with Gasteiger partial charge in [0.2, 0.25) is 17.7 Å². The fourth-order valence-corrected chi connectivity index (χ4v) is 4.52. The van der Waals surface area contributed by atoms with E-state index in [-0.39, 0.29) is 30.6 Å². The van der Waals surface area contributed by atoms with E-state index in [1.54, 1.807) is 0 Å². The normalized spacial score (nSPS) is 25.4. The summed E-state index contributed by atoms with van der Waals surface area (Å²) in [7, 11) is 0. The Morgan fingerprint density at radius 3 is 1.60 bits per heavy atom. The highest BCUT2D eigenvalue weighted by atomic mass is 16.5. The number of cyclic esters (lactones) is 1. The third kappa shape index (κ3) is 10.6. The predicted molar refractivity (Wildman–Crippen MR) is 152 cm³/mol. The van der Waals surface area contributed by atoms with Gasteiger partial charge in [-0.1, -0.05) is 71.9 Å². The number of carbonyl (C=O) groups excluding carboxylic acids is 5. The minimum atomic E-state index is -1.17. The van der Waals surface area contributed by atoms with E-state index in [4.69, 9.17) is 4.74 Å². The van der Waals surface area contributed by atoms with Crippen molar-refractivity contribution in [2.45, 2.75) is 104 Å². The standard InChI is InChI=1S/C30H46N4O6/c1-17(2)13-22-27(36)33-23(14-18(3)4)28(37)34-24(16-21-11-9-8-10-12-21)30(39)40-25(15-19(5)6)29(38)31-20(7)26(35)32-22/h8-12,17-20,22-25H,13-16H2,1-7H3,(H,31,38)(H,32,35)(H,33,36)(H,34,37)/t20-,22+,23-,24-,25-/m0/s1. The van der Waals surface area contributed by atoms with Gasteiger partial charge in [-0.3, -0.25) is 19.2 Å². The largest absolute Gasteiger partial charge is 0.451 e. The van der Waals surface area contributed by atoms with Gasteiger partial charge in [0.25, 0.3) is 5.91 Å². The summed E-state index contributed by atoms with van der Waals surface area (Å²) in [5, 5.41) is 10.9. The predicted octanol–water partition coefficient (Wildman–Crippen LogP) is 2.25. The Hall–Kier alpha value is -3.43.